The molecule has 0 aliphatic rings. The zero-order valence-electron chi connectivity index (χ0n) is 13.0. The van der Waals surface area contributed by atoms with Gasteiger partial charge in [-0.3, -0.25) is 4.98 Å². The summed E-state index contributed by atoms with van der Waals surface area (Å²) in [7, 11) is 0. The molecule has 0 amide bonds. The summed E-state index contributed by atoms with van der Waals surface area (Å²) < 4.78 is 29.3. The van der Waals surface area contributed by atoms with Crippen LogP contribution in [0.15, 0.2) is 47.6 Å². The molecule has 0 bridgehead atoms. The van der Waals surface area contributed by atoms with Crippen LogP contribution in [0.1, 0.15) is 5.69 Å². The molecule has 3 aromatic heterocycles. The molecule has 2 N–H and O–H groups in total. The second kappa shape index (κ2) is 6.18. The first-order valence-electron chi connectivity index (χ1n) is 7.40. The lowest BCUT2D eigenvalue weighted by Crippen LogP contribution is -2.15. The van der Waals surface area contributed by atoms with Gasteiger partial charge in [-0.25, -0.2) is 9.37 Å². The molecule has 1 atom stereocenters. The number of hydrogen-bond donors (Lipinski definition) is 2. The normalized spacial score (nSPS) is 12.6. The number of aromatic amines is 1. The number of H-pyrrole nitrogens is 1. The summed E-state index contributed by atoms with van der Waals surface area (Å²) in [6.07, 6.45) is 3.33. The quantitative estimate of drug-likeness (QED) is 0.523. The highest BCUT2D eigenvalue weighted by molar-refractivity contribution is 7.93. The van der Waals surface area contributed by atoms with Gasteiger partial charge in [-0.1, -0.05) is 23.7 Å². The van der Waals surface area contributed by atoms with E-state index in [1.165, 1.54) is 0 Å². The SMILES string of the molecule is Cc1nc(N[S+]([O-])c2c[nH]c3c2ccc2cccnc23)c(F)cc1Cl. The molecule has 0 saturated carbocycles. The first kappa shape index (κ1) is 16.1. The highest BCUT2D eigenvalue weighted by Crippen LogP contribution is 2.30. The highest BCUT2D eigenvalue weighted by atomic mass is 35.5. The molecule has 0 aliphatic carbocycles. The first-order chi connectivity index (χ1) is 12.0. The van der Waals surface area contributed by atoms with Gasteiger partial charge in [-0.2, -0.15) is 4.72 Å². The fraction of sp³-hybridized carbons (Fsp3) is 0.0588. The number of rotatable bonds is 3. The van der Waals surface area contributed by atoms with E-state index in [-0.39, 0.29) is 10.8 Å². The summed E-state index contributed by atoms with van der Waals surface area (Å²) in [4.78, 5) is 12.0. The zero-order valence-corrected chi connectivity index (χ0v) is 14.6. The van der Waals surface area contributed by atoms with Gasteiger partial charge in [0.2, 0.25) is 10.7 Å². The molecule has 25 heavy (non-hydrogen) atoms. The zero-order chi connectivity index (χ0) is 17.6. The van der Waals surface area contributed by atoms with Crippen molar-refractivity contribution in [1.29, 1.82) is 0 Å². The first-order valence-corrected chi connectivity index (χ1v) is 8.93. The molecule has 0 radical (unpaired) electrons. The maximum Gasteiger partial charge on any atom is 0.207 e. The molecule has 0 fully saturated rings. The second-order valence-corrected chi connectivity index (χ2v) is 7.06. The Bertz CT molecular complexity index is 1100. The number of benzene rings is 1. The van der Waals surface area contributed by atoms with Crippen molar-refractivity contribution in [2.45, 2.75) is 11.8 Å². The molecular formula is C17H12ClFN4OS. The van der Waals surface area contributed by atoms with Crippen LogP contribution in [0.5, 0.6) is 0 Å². The Balaban J connectivity index is 1.74. The maximum absolute atomic E-state index is 14.0. The van der Waals surface area contributed by atoms with E-state index in [9.17, 15) is 8.94 Å². The minimum absolute atomic E-state index is 0.103. The van der Waals surface area contributed by atoms with Gasteiger partial charge in [0.25, 0.3) is 0 Å². The minimum Gasteiger partial charge on any atom is -0.588 e. The molecule has 3 heterocycles. The van der Waals surface area contributed by atoms with Gasteiger partial charge in [0, 0.05) is 11.6 Å². The van der Waals surface area contributed by atoms with Crippen molar-refractivity contribution in [1.82, 2.24) is 15.0 Å². The molecule has 1 aromatic carbocycles. The lowest BCUT2D eigenvalue weighted by molar-refractivity contribution is 0.597. The van der Waals surface area contributed by atoms with E-state index in [0.29, 0.717) is 10.6 Å². The molecular weight excluding hydrogens is 363 g/mol. The monoisotopic (exact) mass is 374 g/mol. The van der Waals surface area contributed by atoms with Crippen LogP contribution in [-0.4, -0.2) is 19.5 Å². The van der Waals surface area contributed by atoms with Gasteiger partial charge >= 0.3 is 0 Å². The number of aryl methyl sites for hydroxylation is 1. The van der Waals surface area contributed by atoms with Crippen LogP contribution in [0.3, 0.4) is 0 Å². The molecule has 4 aromatic rings. The fourth-order valence-corrected chi connectivity index (χ4v) is 3.74. The largest absolute Gasteiger partial charge is 0.588 e. The summed E-state index contributed by atoms with van der Waals surface area (Å²) >= 11 is 4.14. The van der Waals surface area contributed by atoms with Crippen molar-refractivity contribution >= 4 is 50.6 Å². The Labute approximate surface area is 150 Å². The summed E-state index contributed by atoms with van der Waals surface area (Å²) in [6, 6.07) is 8.73. The highest BCUT2D eigenvalue weighted by Gasteiger charge is 2.21. The molecule has 0 saturated heterocycles. The Kier molecular flexibility index (Phi) is 3.99. The van der Waals surface area contributed by atoms with Crippen molar-refractivity contribution in [2.75, 3.05) is 4.72 Å². The minimum atomic E-state index is -1.70. The van der Waals surface area contributed by atoms with E-state index in [1.807, 2.05) is 24.3 Å². The summed E-state index contributed by atoms with van der Waals surface area (Å²) in [6.45, 7) is 1.65. The summed E-state index contributed by atoms with van der Waals surface area (Å²) in [5.41, 5.74) is 2.02. The third-order valence-electron chi connectivity index (χ3n) is 3.88. The van der Waals surface area contributed by atoms with Crippen LogP contribution in [0.4, 0.5) is 10.2 Å². The van der Waals surface area contributed by atoms with Crippen molar-refractivity contribution in [2.24, 2.45) is 0 Å². The Hall–Kier alpha value is -2.35. The summed E-state index contributed by atoms with van der Waals surface area (Å²) in [5, 5.41) is 1.95. The molecule has 4 rings (SSSR count). The lowest BCUT2D eigenvalue weighted by Gasteiger charge is -2.11. The molecule has 0 spiro atoms. The predicted molar refractivity (Wildman–Crippen MR) is 97.6 cm³/mol. The third-order valence-corrected chi connectivity index (χ3v) is 5.38. The van der Waals surface area contributed by atoms with Gasteiger partial charge in [0.1, 0.15) is 11.4 Å². The van der Waals surface area contributed by atoms with Crippen molar-refractivity contribution in [3.05, 3.63) is 59.3 Å². The molecule has 5 nitrogen and oxygen atoms in total. The van der Waals surface area contributed by atoms with Crippen LogP contribution >= 0.6 is 11.6 Å². The van der Waals surface area contributed by atoms with Crippen molar-refractivity contribution in [3.8, 4) is 0 Å². The Morgan fingerprint density at radius 1 is 1.32 bits per heavy atom. The average molecular weight is 375 g/mol. The van der Waals surface area contributed by atoms with E-state index in [0.717, 1.165) is 27.9 Å². The van der Waals surface area contributed by atoms with Gasteiger partial charge in [-0.15, -0.1) is 0 Å². The molecule has 8 heteroatoms. The topological polar surface area (TPSA) is 76.7 Å². The van der Waals surface area contributed by atoms with E-state index >= 15 is 0 Å². The van der Waals surface area contributed by atoms with Gasteiger partial charge in [0.15, 0.2) is 5.82 Å². The predicted octanol–water partition coefficient (Wildman–Crippen LogP) is 4.35. The van der Waals surface area contributed by atoms with Crippen molar-refractivity contribution < 1.29 is 8.94 Å². The fourth-order valence-electron chi connectivity index (χ4n) is 2.64. The number of halogens is 2. The number of nitrogens with zero attached hydrogens (tertiary/aromatic N) is 2. The van der Waals surface area contributed by atoms with Crippen LogP contribution in [-0.2, 0) is 11.4 Å². The molecule has 0 aliphatic heterocycles. The summed E-state index contributed by atoms with van der Waals surface area (Å²) in [5.74, 6) is -0.760. The van der Waals surface area contributed by atoms with E-state index in [2.05, 4.69) is 19.7 Å². The van der Waals surface area contributed by atoms with Gasteiger partial charge in [0.05, 0.1) is 33.3 Å². The van der Waals surface area contributed by atoms with E-state index in [4.69, 9.17) is 11.6 Å². The maximum atomic E-state index is 14.0. The number of hydrogen-bond acceptors (Lipinski definition) is 4. The smallest absolute Gasteiger partial charge is 0.207 e. The molecule has 126 valence electrons. The van der Waals surface area contributed by atoms with Gasteiger partial charge in [-0.05, 0) is 25.1 Å². The number of fused-ring (bicyclic) bond motifs is 3. The number of aromatic nitrogens is 3. The Morgan fingerprint density at radius 2 is 2.16 bits per heavy atom. The van der Waals surface area contributed by atoms with Gasteiger partial charge < -0.3 is 9.54 Å². The van der Waals surface area contributed by atoms with E-state index in [1.54, 1.807) is 19.3 Å². The van der Waals surface area contributed by atoms with E-state index < -0.39 is 17.2 Å². The number of anilines is 1. The van der Waals surface area contributed by atoms with Crippen LogP contribution in [0.2, 0.25) is 5.02 Å². The van der Waals surface area contributed by atoms with Crippen molar-refractivity contribution in [3.63, 3.8) is 0 Å². The standard InChI is InChI=1S/C17H12ClFN4OS/c1-9-12(18)7-13(19)17(22-9)23-25(24)14-8-21-16-11(14)5-4-10-3-2-6-20-15(10)16/h2-8,21H,1H3,(H,22,23). The van der Waals surface area contributed by atoms with Crippen LogP contribution in [0.25, 0.3) is 21.8 Å². The van der Waals surface area contributed by atoms with Crippen LogP contribution < -0.4 is 4.72 Å². The number of nitrogens with one attached hydrogen (secondary N) is 2. The average Bonchev–Trinajstić information content (AvgIpc) is 3.04. The number of pyridine rings is 2. The van der Waals surface area contributed by atoms with Crippen LogP contribution in [0, 0.1) is 12.7 Å². The third kappa shape index (κ3) is 2.80. The lowest BCUT2D eigenvalue weighted by atomic mass is 10.1. The Morgan fingerprint density at radius 3 is 3.00 bits per heavy atom. The molecule has 1 unspecified atom stereocenters. The second-order valence-electron chi connectivity index (χ2n) is 5.47.